The lowest BCUT2D eigenvalue weighted by atomic mass is 10.1. The minimum Gasteiger partial charge on any atom is -0.361 e. The van der Waals surface area contributed by atoms with E-state index < -0.39 is 17.8 Å². The summed E-state index contributed by atoms with van der Waals surface area (Å²) in [6.07, 6.45) is -0.421. The van der Waals surface area contributed by atoms with Crippen LogP contribution in [0.25, 0.3) is 16.9 Å². The molecule has 1 aromatic carbocycles. The number of benzene rings is 1. The summed E-state index contributed by atoms with van der Waals surface area (Å²) in [5.74, 6) is 0.320. The first-order valence-electron chi connectivity index (χ1n) is 11.1. The smallest absolute Gasteiger partial charge is 0.361 e. The number of carbonyl (C=O) groups excluding carboxylic acids is 1. The number of alkyl halides is 3. The molecule has 7 nitrogen and oxygen atoms in total. The minimum absolute atomic E-state index is 0.0208. The quantitative estimate of drug-likeness (QED) is 0.395. The van der Waals surface area contributed by atoms with Gasteiger partial charge in [-0.25, -0.2) is 9.50 Å². The van der Waals surface area contributed by atoms with Gasteiger partial charge in [-0.15, -0.1) is 0 Å². The molecule has 0 aliphatic carbocycles. The number of likely N-dealkylation sites (tertiary alicyclic amines) is 1. The fraction of sp³-hybridized carbons (Fsp3) is 0.333. The predicted octanol–water partition coefficient (Wildman–Crippen LogP) is 5.33. The van der Waals surface area contributed by atoms with Crippen LogP contribution in [-0.2, 0) is 12.6 Å². The van der Waals surface area contributed by atoms with E-state index in [2.05, 4.69) is 15.2 Å². The van der Waals surface area contributed by atoms with Crippen LogP contribution in [0, 0.1) is 0 Å². The van der Waals surface area contributed by atoms with Gasteiger partial charge >= 0.3 is 6.18 Å². The average molecular weight is 469 g/mol. The Balaban J connectivity index is 1.57. The second kappa shape index (κ2) is 8.58. The molecule has 4 aromatic rings. The molecule has 176 valence electrons. The summed E-state index contributed by atoms with van der Waals surface area (Å²) >= 11 is 0. The van der Waals surface area contributed by atoms with E-state index in [9.17, 15) is 18.0 Å². The highest BCUT2D eigenvalue weighted by molar-refractivity contribution is 6.00. The first-order valence-corrected chi connectivity index (χ1v) is 11.1. The maximum absolute atomic E-state index is 13.9. The van der Waals surface area contributed by atoms with Crippen LogP contribution in [-0.4, -0.2) is 37.1 Å². The summed E-state index contributed by atoms with van der Waals surface area (Å²) in [6, 6.07) is 11.0. The zero-order valence-corrected chi connectivity index (χ0v) is 18.4. The maximum Gasteiger partial charge on any atom is 0.433 e. The zero-order chi connectivity index (χ0) is 23.9. The summed E-state index contributed by atoms with van der Waals surface area (Å²) in [4.78, 5) is 19.6. The van der Waals surface area contributed by atoms with E-state index in [0.29, 0.717) is 28.7 Å². The molecule has 1 saturated heterocycles. The van der Waals surface area contributed by atoms with Crippen molar-refractivity contribution in [2.45, 2.75) is 44.8 Å². The van der Waals surface area contributed by atoms with E-state index in [1.54, 1.807) is 35.2 Å². The molecule has 1 atom stereocenters. The topological polar surface area (TPSA) is 76.5 Å². The summed E-state index contributed by atoms with van der Waals surface area (Å²) < 4.78 is 47.7. The van der Waals surface area contributed by atoms with E-state index in [4.69, 9.17) is 4.52 Å². The Kier molecular flexibility index (Phi) is 5.59. The molecule has 3 aromatic heterocycles. The van der Waals surface area contributed by atoms with Gasteiger partial charge in [-0.3, -0.25) is 4.79 Å². The maximum atomic E-state index is 13.9. The van der Waals surface area contributed by atoms with Gasteiger partial charge in [0.05, 0.1) is 17.9 Å². The fourth-order valence-corrected chi connectivity index (χ4v) is 4.39. The Morgan fingerprint density at radius 2 is 2.00 bits per heavy atom. The number of aryl methyl sites for hydroxylation is 1. The number of fused-ring (bicyclic) bond motifs is 1. The second-order valence-corrected chi connectivity index (χ2v) is 8.31. The number of hydrogen-bond acceptors (Lipinski definition) is 5. The van der Waals surface area contributed by atoms with E-state index >= 15 is 0 Å². The SMILES string of the molecule is CCCc1cc(C2CCCN2C(=O)c2cnn3c(C(F)(F)F)cc(-c4ccccc4)nc23)no1. The van der Waals surface area contributed by atoms with Crippen molar-refractivity contribution in [2.24, 2.45) is 0 Å². The van der Waals surface area contributed by atoms with Gasteiger partial charge in [-0.05, 0) is 25.3 Å². The average Bonchev–Trinajstić information content (AvgIpc) is 3.57. The number of carbonyl (C=O) groups is 1. The summed E-state index contributed by atoms with van der Waals surface area (Å²) in [7, 11) is 0. The van der Waals surface area contributed by atoms with E-state index in [1.165, 1.54) is 0 Å². The molecule has 0 saturated carbocycles. The second-order valence-electron chi connectivity index (χ2n) is 8.31. The summed E-state index contributed by atoms with van der Waals surface area (Å²) in [5.41, 5.74) is 0.186. The number of nitrogens with zero attached hydrogens (tertiary/aromatic N) is 5. The Morgan fingerprint density at radius 1 is 1.21 bits per heavy atom. The molecule has 0 spiro atoms. The van der Waals surface area contributed by atoms with Crippen molar-refractivity contribution in [2.75, 3.05) is 6.54 Å². The van der Waals surface area contributed by atoms with Gasteiger partial charge in [0.1, 0.15) is 17.0 Å². The van der Waals surface area contributed by atoms with E-state index in [0.717, 1.165) is 37.3 Å². The molecule has 1 aliphatic rings. The van der Waals surface area contributed by atoms with Crippen molar-refractivity contribution in [1.29, 1.82) is 0 Å². The lowest BCUT2D eigenvalue weighted by molar-refractivity contribution is -0.142. The minimum atomic E-state index is -4.68. The van der Waals surface area contributed by atoms with Crippen molar-refractivity contribution in [3.05, 3.63) is 71.4 Å². The van der Waals surface area contributed by atoms with Gasteiger partial charge in [0.15, 0.2) is 11.3 Å². The first kappa shape index (κ1) is 22.1. The Labute approximate surface area is 193 Å². The molecule has 1 aliphatic heterocycles. The highest BCUT2D eigenvalue weighted by Gasteiger charge is 2.38. The van der Waals surface area contributed by atoms with Crippen LogP contribution >= 0.6 is 0 Å². The van der Waals surface area contributed by atoms with Gasteiger partial charge in [-0.1, -0.05) is 42.4 Å². The van der Waals surface area contributed by atoms with Crippen LogP contribution in [0.5, 0.6) is 0 Å². The molecular formula is C24H22F3N5O2. The van der Waals surface area contributed by atoms with Gasteiger partial charge in [0.25, 0.3) is 5.91 Å². The zero-order valence-electron chi connectivity index (χ0n) is 18.4. The molecular weight excluding hydrogens is 447 g/mol. The third-order valence-electron chi connectivity index (χ3n) is 5.99. The molecule has 0 N–H and O–H groups in total. The van der Waals surface area contributed by atoms with Gasteiger partial charge in [0, 0.05) is 24.6 Å². The Hall–Kier alpha value is -3.69. The molecule has 34 heavy (non-hydrogen) atoms. The van der Waals surface area contributed by atoms with Gasteiger partial charge in [-0.2, -0.15) is 18.3 Å². The molecule has 1 fully saturated rings. The standard InChI is InChI=1S/C24H22F3N5O2/c1-2-7-16-12-19(30-34-16)20-10-6-11-31(20)23(33)17-14-28-32-21(24(25,26)27)13-18(29-22(17)32)15-8-4-3-5-9-15/h3-5,8-9,12-14,20H,2,6-7,10-11H2,1H3. The largest absolute Gasteiger partial charge is 0.433 e. The first-order chi connectivity index (χ1) is 16.4. The normalized spacial score (nSPS) is 16.5. The lowest BCUT2D eigenvalue weighted by Gasteiger charge is -2.22. The van der Waals surface area contributed by atoms with Crippen molar-refractivity contribution in [3.8, 4) is 11.3 Å². The number of hydrogen-bond donors (Lipinski definition) is 0. The van der Waals surface area contributed by atoms with Crippen LogP contribution in [0.3, 0.4) is 0 Å². The number of halogens is 3. The van der Waals surface area contributed by atoms with Crippen LogP contribution < -0.4 is 0 Å². The Morgan fingerprint density at radius 3 is 2.74 bits per heavy atom. The van der Waals surface area contributed by atoms with E-state index in [1.807, 2.05) is 13.0 Å². The Bertz CT molecular complexity index is 1330. The van der Waals surface area contributed by atoms with Crippen LogP contribution in [0.2, 0.25) is 0 Å². The third-order valence-corrected chi connectivity index (χ3v) is 5.99. The molecule has 4 heterocycles. The predicted molar refractivity (Wildman–Crippen MR) is 117 cm³/mol. The van der Waals surface area contributed by atoms with Crippen molar-refractivity contribution < 1.29 is 22.5 Å². The third kappa shape index (κ3) is 3.93. The molecule has 0 radical (unpaired) electrons. The van der Waals surface area contributed by atoms with Crippen molar-refractivity contribution in [1.82, 2.24) is 24.7 Å². The van der Waals surface area contributed by atoms with Crippen LogP contribution in [0.15, 0.2) is 53.2 Å². The number of amides is 1. The highest BCUT2D eigenvalue weighted by atomic mass is 19.4. The molecule has 10 heteroatoms. The van der Waals surface area contributed by atoms with Crippen molar-refractivity contribution >= 4 is 11.6 Å². The van der Waals surface area contributed by atoms with Gasteiger partial charge < -0.3 is 9.42 Å². The molecule has 5 rings (SSSR count). The lowest BCUT2D eigenvalue weighted by Crippen LogP contribution is -2.30. The van der Waals surface area contributed by atoms with Crippen LogP contribution in [0.4, 0.5) is 13.2 Å². The number of rotatable bonds is 5. The molecule has 1 unspecified atom stereocenters. The highest BCUT2D eigenvalue weighted by Crippen LogP contribution is 2.36. The molecule has 1 amide bonds. The fourth-order valence-electron chi connectivity index (χ4n) is 4.39. The monoisotopic (exact) mass is 469 g/mol. The van der Waals surface area contributed by atoms with E-state index in [-0.39, 0.29) is 22.9 Å². The molecule has 0 bridgehead atoms. The van der Waals surface area contributed by atoms with Crippen molar-refractivity contribution in [3.63, 3.8) is 0 Å². The van der Waals surface area contributed by atoms with Crippen LogP contribution in [0.1, 0.15) is 59.7 Å². The summed E-state index contributed by atoms with van der Waals surface area (Å²) in [5, 5.41) is 8.03. The van der Waals surface area contributed by atoms with Gasteiger partial charge in [0.2, 0.25) is 0 Å². The number of aromatic nitrogens is 4. The summed E-state index contributed by atoms with van der Waals surface area (Å²) in [6.45, 7) is 2.49.